The highest BCUT2D eigenvalue weighted by molar-refractivity contribution is 7.00. The summed E-state index contributed by atoms with van der Waals surface area (Å²) in [7, 11) is 0. The maximum atomic E-state index is 2.98. The van der Waals surface area contributed by atoms with Gasteiger partial charge >= 0.3 is 0 Å². The van der Waals surface area contributed by atoms with Crippen LogP contribution in [0.1, 0.15) is 127 Å². The predicted octanol–water partition coefficient (Wildman–Crippen LogP) is 8.98. The lowest BCUT2D eigenvalue weighted by molar-refractivity contribution is 0.0577. The summed E-state index contributed by atoms with van der Waals surface area (Å²) in [5, 5.41) is 0. The zero-order chi connectivity index (χ0) is 31.8. The van der Waals surface area contributed by atoms with E-state index >= 15 is 0 Å². The van der Waals surface area contributed by atoms with Gasteiger partial charge in [0, 0.05) is 33.6 Å². The fourth-order valence-electron chi connectivity index (χ4n) is 14.4. The first kappa shape index (κ1) is 28.2. The standard InChI is InChI=1S/C44H53BN2/c1-26-18-33-40-35(19-26)45-34-17-11-16-32-39(34)46(43(5)24-30-14-9-7-12-28(30)22-41(32,43)3)36-20-27(2)21-37(38(36)45)47(40)44(6)25-31-15-10-8-13-29(31)23-42(33,44)4/h11,16-21,28-31H,7-10,12-15,22-25H2,1-6H3. The van der Waals surface area contributed by atoms with E-state index in [-0.39, 0.29) is 21.9 Å². The Hall–Kier alpha value is -2.68. The van der Waals surface area contributed by atoms with Gasteiger partial charge in [-0.15, -0.1) is 0 Å². The van der Waals surface area contributed by atoms with E-state index in [1.807, 2.05) is 0 Å². The summed E-state index contributed by atoms with van der Waals surface area (Å²) in [6.07, 6.45) is 16.9. The molecule has 8 unspecified atom stereocenters. The molecule has 0 amide bonds. The highest BCUT2D eigenvalue weighted by Gasteiger charge is 2.67. The largest absolute Gasteiger partial charge is 0.335 e. The van der Waals surface area contributed by atoms with Crippen LogP contribution in [-0.2, 0) is 10.8 Å². The second kappa shape index (κ2) is 8.72. The van der Waals surface area contributed by atoms with Gasteiger partial charge in [-0.2, -0.15) is 0 Å². The number of aryl methyl sites for hydroxylation is 2. The Morgan fingerprint density at radius 1 is 0.574 bits per heavy atom. The van der Waals surface area contributed by atoms with Crippen molar-refractivity contribution in [2.45, 2.75) is 141 Å². The quantitative estimate of drug-likeness (QED) is 0.232. The van der Waals surface area contributed by atoms with Gasteiger partial charge in [0.1, 0.15) is 0 Å². The van der Waals surface area contributed by atoms with Crippen molar-refractivity contribution < 1.29 is 0 Å². The highest BCUT2D eigenvalue weighted by atomic mass is 15.3. The molecule has 0 bridgehead atoms. The monoisotopic (exact) mass is 620 g/mol. The Labute approximate surface area is 283 Å². The molecule has 0 radical (unpaired) electrons. The van der Waals surface area contributed by atoms with Gasteiger partial charge in [0.15, 0.2) is 0 Å². The molecule has 4 fully saturated rings. The van der Waals surface area contributed by atoms with Crippen LogP contribution in [-0.4, -0.2) is 17.8 Å². The third-order valence-corrected chi connectivity index (χ3v) is 16.8. The third kappa shape index (κ3) is 3.07. The van der Waals surface area contributed by atoms with E-state index < -0.39 is 0 Å². The van der Waals surface area contributed by atoms with E-state index in [0.29, 0.717) is 6.71 Å². The molecule has 3 aromatic rings. The molecule has 0 N–H and O–H groups in total. The number of anilines is 4. The van der Waals surface area contributed by atoms with Crippen molar-refractivity contribution in [1.82, 2.24) is 0 Å². The maximum Gasteiger partial charge on any atom is 0.252 e. The molecule has 0 spiro atoms. The minimum atomic E-state index is 0.0919. The van der Waals surface area contributed by atoms with Crippen LogP contribution in [0.2, 0.25) is 0 Å². The molecule has 4 saturated carbocycles. The average molecular weight is 621 g/mol. The second-order valence-electron chi connectivity index (χ2n) is 19.0. The van der Waals surface area contributed by atoms with Gasteiger partial charge < -0.3 is 9.80 Å². The van der Waals surface area contributed by atoms with Gasteiger partial charge in [-0.1, -0.05) is 101 Å². The van der Waals surface area contributed by atoms with Crippen molar-refractivity contribution in [1.29, 1.82) is 0 Å². The topological polar surface area (TPSA) is 6.48 Å². The maximum absolute atomic E-state index is 2.98. The molecule has 8 aliphatic rings. The van der Waals surface area contributed by atoms with Crippen molar-refractivity contribution in [2.24, 2.45) is 23.7 Å². The summed E-state index contributed by atoms with van der Waals surface area (Å²) < 4.78 is 0. The summed E-state index contributed by atoms with van der Waals surface area (Å²) in [6.45, 7) is 15.8. The summed E-state index contributed by atoms with van der Waals surface area (Å²) in [6, 6.07) is 18.0. The van der Waals surface area contributed by atoms with Gasteiger partial charge in [-0.3, -0.25) is 0 Å². The summed E-state index contributed by atoms with van der Waals surface area (Å²) in [5.41, 5.74) is 17.8. The average Bonchev–Trinajstić information content (AvgIpc) is 3.37. The molecule has 4 heterocycles. The number of benzene rings is 3. The Morgan fingerprint density at radius 3 is 1.64 bits per heavy atom. The first-order valence-corrected chi connectivity index (χ1v) is 19.6. The minimum absolute atomic E-state index is 0.0919. The number of nitrogens with zero attached hydrogens (tertiary/aromatic N) is 2. The highest BCUT2D eigenvalue weighted by Crippen LogP contribution is 2.68. The smallest absolute Gasteiger partial charge is 0.252 e. The van der Waals surface area contributed by atoms with Crippen molar-refractivity contribution in [3.8, 4) is 0 Å². The number of rotatable bonds is 0. The molecule has 3 heteroatoms. The Balaban J connectivity index is 1.20. The van der Waals surface area contributed by atoms with Crippen molar-refractivity contribution in [2.75, 3.05) is 9.80 Å². The van der Waals surface area contributed by atoms with Crippen LogP contribution in [0.3, 0.4) is 0 Å². The molecule has 8 atom stereocenters. The molecule has 47 heavy (non-hydrogen) atoms. The van der Waals surface area contributed by atoms with Crippen LogP contribution in [0.4, 0.5) is 22.7 Å². The number of para-hydroxylation sites is 1. The molecule has 3 aromatic carbocycles. The van der Waals surface area contributed by atoms with Crippen LogP contribution < -0.4 is 26.2 Å². The lowest BCUT2D eigenvalue weighted by atomic mass is 9.33. The molecule has 0 saturated heterocycles. The summed E-state index contributed by atoms with van der Waals surface area (Å²) in [5.74, 6) is 3.51. The van der Waals surface area contributed by atoms with Gasteiger partial charge in [0.2, 0.25) is 0 Å². The lowest BCUT2D eigenvalue weighted by Gasteiger charge is -2.58. The number of fused-ring (bicyclic) bond motifs is 12. The van der Waals surface area contributed by atoms with Gasteiger partial charge in [-0.25, -0.2) is 0 Å². The molecular formula is C44H53BN2. The van der Waals surface area contributed by atoms with Crippen molar-refractivity contribution in [3.63, 3.8) is 0 Å². The van der Waals surface area contributed by atoms with Gasteiger partial charge in [0.25, 0.3) is 6.71 Å². The fourth-order valence-corrected chi connectivity index (χ4v) is 14.4. The van der Waals surface area contributed by atoms with Crippen LogP contribution >= 0.6 is 0 Å². The third-order valence-electron chi connectivity index (χ3n) is 16.8. The summed E-state index contributed by atoms with van der Waals surface area (Å²) >= 11 is 0. The number of hydrogen-bond donors (Lipinski definition) is 0. The first-order valence-electron chi connectivity index (χ1n) is 19.6. The molecule has 11 rings (SSSR count). The normalized spacial score (nSPS) is 39.7. The van der Waals surface area contributed by atoms with Crippen LogP contribution in [0.15, 0.2) is 42.5 Å². The van der Waals surface area contributed by atoms with E-state index in [2.05, 4.69) is 93.8 Å². The second-order valence-corrected chi connectivity index (χ2v) is 19.0. The van der Waals surface area contributed by atoms with E-state index in [4.69, 9.17) is 0 Å². The predicted molar refractivity (Wildman–Crippen MR) is 199 cm³/mol. The Kier molecular flexibility index (Phi) is 5.23. The van der Waals surface area contributed by atoms with Crippen LogP contribution in [0, 0.1) is 37.5 Å². The molecule has 242 valence electrons. The van der Waals surface area contributed by atoms with E-state index in [9.17, 15) is 0 Å². The molecule has 4 aliphatic carbocycles. The minimum Gasteiger partial charge on any atom is -0.335 e. The lowest BCUT2D eigenvalue weighted by Crippen LogP contribution is -2.67. The van der Waals surface area contributed by atoms with Crippen LogP contribution in [0.5, 0.6) is 0 Å². The zero-order valence-electron chi connectivity index (χ0n) is 29.8. The van der Waals surface area contributed by atoms with Crippen molar-refractivity contribution in [3.05, 3.63) is 64.7 Å². The number of hydrogen-bond acceptors (Lipinski definition) is 2. The molecule has 0 aromatic heterocycles. The fraction of sp³-hybridized carbons (Fsp3) is 0.591. The first-order chi connectivity index (χ1) is 22.6. The van der Waals surface area contributed by atoms with E-state index in [0.717, 1.165) is 23.7 Å². The van der Waals surface area contributed by atoms with Gasteiger partial charge in [0.05, 0.1) is 11.1 Å². The summed E-state index contributed by atoms with van der Waals surface area (Å²) in [4.78, 5) is 5.96. The SMILES string of the molecule is Cc1cc2c3c(c1)N1c4c(cc(C)cc4C4(C)CC5CCCCC5CC14C)B3c1cccc3c1N2C1(C)CC2CCCCC2CC31C. The molecule has 2 nitrogen and oxygen atoms in total. The van der Waals surface area contributed by atoms with Gasteiger partial charge in [-0.05, 0) is 122 Å². The van der Waals surface area contributed by atoms with E-state index in [1.165, 1.54) is 88.2 Å². The van der Waals surface area contributed by atoms with E-state index in [1.54, 1.807) is 50.3 Å². The Morgan fingerprint density at radius 2 is 1.06 bits per heavy atom. The molecule has 4 aliphatic heterocycles. The van der Waals surface area contributed by atoms with Crippen LogP contribution in [0.25, 0.3) is 0 Å². The molecular weight excluding hydrogens is 567 g/mol. The Bertz CT molecular complexity index is 1890. The van der Waals surface area contributed by atoms with Crippen molar-refractivity contribution >= 4 is 45.9 Å². The zero-order valence-corrected chi connectivity index (χ0v) is 29.8.